The molecule has 2 aromatic rings. The second-order valence-corrected chi connectivity index (χ2v) is 6.61. The van der Waals surface area contributed by atoms with Crippen molar-refractivity contribution in [2.45, 2.75) is 18.0 Å². The molecule has 5 heteroatoms. The standard InChI is InChI=1S/C17H24N4S/c1-22-17-5-3-16(4-6-17)15-20-11-9-19(10-12-20)13-14-21-8-2-7-18-21/h2-8H,9-15H2,1H3. The minimum Gasteiger partial charge on any atom is -0.299 e. The first-order valence-corrected chi connectivity index (χ1v) is 9.11. The minimum atomic E-state index is 0.989. The molecule has 1 aromatic carbocycles. The Kier molecular flexibility index (Phi) is 5.53. The smallest absolute Gasteiger partial charge is 0.0536 e. The van der Waals surface area contributed by atoms with Crippen LogP contribution in [0.2, 0.25) is 0 Å². The van der Waals surface area contributed by atoms with Crippen molar-refractivity contribution in [3.8, 4) is 0 Å². The summed E-state index contributed by atoms with van der Waals surface area (Å²) in [6.07, 6.45) is 6.01. The lowest BCUT2D eigenvalue weighted by Crippen LogP contribution is -2.46. The van der Waals surface area contributed by atoms with Gasteiger partial charge < -0.3 is 0 Å². The highest BCUT2D eigenvalue weighted by atomic mass is 32.2. The van der Waals surface area contributed by atoms with Crippen LogP contribution in [0.25, 0.3) is 0 Å². The molecule has 1 fully saturated rings. The van der Waals surface area contributed by atoms with E-state index in [2.05, 4.69) is 45.4 Å². The van der Waals surface area contributed by atoms with Gasteiger partial charge in [0.2, 0.25) is 0 Å². The molecule has 118 valence electrons. The number of thioether (sulfide) groups is 1. The summed E-state index contributed by atoms with van der Waals surface area (Å²) in [5.41, 5.74) is 1.42. The van der Waals surface area contributed by atoms with Crippen LogP contribution >= 0.6 is 11.8 Å². The van der Waals surface area contributed by atoms with Crippen LogP contribution in [0.4, 0.5) is 0 Å². The summed E-state index contributed by atoms with van der Waals surface area (Å²) in [4.78, 5) is 6.43. The molecule has 0 radical (unpaired) electrons. The van der Waals surface area contributed by atoms with Gasteiger partial charge >= 0.3 is 0 Å². The summed E-state index contributed by atoms with van der Waals surface area (Å²) in [5, 5.41) is 4.26. The zero-order valence-electron chi connectivity index (χ0n) is 13.2. The van der Waals surface area contributed by atoms with Gasteiger partial charge in [0.25, 0.3) is 0 Å². The zero-order chi connectivity index (χ0) is 15.2. The number of benzene rings is 1. The number of rotatable bonds is 6. The van der Waals surface area contributed by atoms with E-state index in [-0.39, 0.29) is 0 Å². The number of piperazine rings is 1. The second kappa shape index (κ2) is 7.81. The molecule has 1 aliphatic heterocycles. The number of nitrogens with zero attached hydrogens (tertiary/aromatic N) is 4. The number of hydrogen-bond donors (Lipinski definition) is 0. The monoisotopic (exact) mass is 316 g/mol. The summed E-state index contributed by atoms with van der Waals surface area (Å²) in [6, 6.07) is 11.0. The first-order chi connectivity index (χ1) is 10.8. The highest BCUT2D eigenvalue weighted by Crippen LogP contribution is 2.16. The van der Waals surface area contributed by atoms with Crippen LogP contribution in [0.5, 0.6) is 0 Å². The predicted molar refractivity (Wildman–Crippen MR) is 92.2 cm³/mol. The van der Waals surface area contributed by atoms with Gasteiger partial charge in [-0.2, -0.15) is 5.10 Å². The van der Waals surface area contributed by atoms with E-state index < -0.39 is 0 Å². The van der Waals surface area contributed by atoms with Crippen molar-refractivity contribution in [2.75, 3.05) is 39.0 Å². The van der Waals surface area contributed by atoms with Gasteiger partial charge in [0.15, 0.2) is 0 Å². The van der Waals surface area contributed by atoms with Crippen LogP contribution in [-0.2, 0) is 13.1 Å². The van der Waals surface area contributed by atoms with Crippen molar-refractivity contribution in [1.82, 2.24) is 19.6 Å². The van der Waals surface area contributed by atoms with Crippen LogP contribution in [0.3, 0.4) is 0 Å². The topological polar surface area (TPSA) is 24.3 Å². The Morgan fingerprint density at radius 1 is 1.00 bits per heavy atom. The third-order valence-electron chi connectivity index (χ3n) is 4.23. The third kappa shape index (κ3) is 4.35. The van der Waals surface area contributed by atoms with Crippen molar-refractivity contribution in [2.24, 2.45) is 0 Å². The Labute approximate surface area is 137 Å². The molecule has 0 N–H and O–H groups in total. The highest BCUT2D eigenvalue weighted by molar-refractivity contribution is 7.98. The van der Waals surface area contributed by atoms with Gasteiger partial charge in [0.1, 0.15) is 0 Å². The molecule has 0 saturated carbocycles. The van der Waals surface area contributed by atoms with Gasteiger partial charge in [-0.25, -0.2) is 0 Å². The van der Waals surface area contributed by atoms with E-state index in [0.29, 0.717) is 0 Å². The van der Waals surface area contributed by atoms with E-state index >= 15 is 0 Å². The molecular weight excluding hydrogens is 292 g/mol. The fraction of sp³-hybridized carbons (Fsp3) is 0.471. The number of hydrogen-bond acceptors (Lipinski definition) is 4. The molecular formula is C17H24N4S. The van der Waals surface area contributed by atoms with E-state index in [1.807, 2.05) is 23.1 Å². The van der Waals surface area contributed by atoms with E-state index in [1.54, 1.807) is 11.8 Å². The fourth-order valence-electron chi connectivity index (χ4n) is 2.84. The fourth-order valence-corrected chi connectivity index (χ4v) is 3.25. The van der Waals surface area contributed by atoms with E-state index in [0.717, 1.165) is 45.8 Å². The molecule has 22 heavy (non-hydrogen) atoms. The second-order valence-electron chi connectivity index (χ2n) is 5.73. The van der Waals surface area contributed by atoms with Gasteiger partial charge in [0, 0.05) is 56.6 Å². The van der Waals surface area contributed by atoms with Gasteiger partial charge in [-0.15, -0.1) is 11.8 Å². The number of aromatic nitrogens is 2. The first-order valence-electron chi connectivity index (χ1n) is 7.88. The quantitative estimate of drug-likeness (QED) is 0.764. The Bertz CT molecular complexity index is 545. The van der Waals surface area contributed by atoms with Gasteiger partial charge in [0.05, 0.1) is 6.54 Å². The molecule has 2 heterocycles. The molecule has 0 bridgehead atoms. The van der Waals surface area contributed by atoms with Crippen molar-refractivity contribution in [3.63, 3.8) is 0 Å². The summed E-state index contributed by atoms with van der Waals surface area (Å²) in [6.45, 7) is 7.78. The maximum atomic E-state index is 4.26. The van der Waals surface area contributed by atoms with Crippen molar-refractivity contribution in [3.05, 3.63) is 48.3 Å². The molecule has 4 nitrogen and oxygen atoms in total. The zero-order valence-corrected chi connectivity index (χ0v) is 14.0. The Morgan fingerprint density at radius 2 is 1.73 bits per heavy atom. The van der Waals surface area contributed by atoms with Crippen LogP contribution < -0.4 is 0 Å². The highest BCUT2D eigenvalue weighted by Gasteiger charge is 2.16. The normalized spacial score (nSPS) is 17.0. The maximum Gasteiger partial charge on any atom is 0.0536 e. The van der Waals surface area contributed by atoms with Crippen molar-refractivity contribution in [1.29, 1.82) is 0 Å². The Balaban J connectivity index is 1.41. The molecule has 1 saturated heterocycles. The van der Waals surface area contributed by atoms with Gasteiger partial charge in [-0.3, -0.25) is 14.5 Å². The average Bonchev–Trinajstić information content (AvgIpc) is 3.08. The van der Waals surface area contributed by atoms with E-state index in [1.165, 1.54) is 10.5 Å². The lowest BCUT2D eigenvalue weighted by Gasteiger charge is -2.34. The van der Waals surface area contributed by atoms with Crippen LogP contribution in [-0.4, -0.2) is 58.6 Å². The average molecular weight is 316 g/mol. The van der Waals surface area contributed by atoms with Gasteiger partial charge in [-0.05, 0) is 30.0 Å². The SMILES string of the molecule is CSc1ccc(CN2CCN(CCn3cccn3)CC2)cc1. The lowest BCUT2D eigenvalue weighted by atomic mass is 10.2. The van der Waals surface area contributed by atoms with E-state index in [4.69, 9.17) is 0 Å². The third-order valence-corrected chi connectivity index (χ3v) is 4.98. The van der Waals surface area contributed by atoms with E-state index in [9.17, 15) is 0 Å². The Hall–Kier alpha value is -1.30. The molecule has 1 aromatic heterocycles. The molecule has 3 rings (SSSR count). The molecule has 0 aliphatic carbocycles. The molecule has 0 unspecified atom stereocenters. The van der Waals surface area contributed by atoms with Crippen LogP contribution in [0, 0.1) is 0 Å². The van der Waals surface area contributed by atoms with Crippen LogP contribution in [0.1, 0.15) is 5.56 Å². The molecule has 0 amide bonds. The van der Waals surface area contributed by atoms with Crippen molar-refractivity contribution >= 4 is 11.8 Å². The minimum absolute atomic E-state index is 0.989. The summed E-state index contributed by atoms with van der Waals surface area (Å²) < 4.78 is 2.01. The van der Waals surface area contributed by atoms with Gasteiger partial charge in [-0.1, -0.05) is 12.1 Å². The summed E-state index contributed by atoms with van der Waals surface area (Å²) in [7, 11) is 0. The Morgan fingerprint density at radius 3 is 2.36 bits per heavy atom. The van der Waals surface area contributed by atoms with Crippen LogP contribution in [0.15, 0.2) is 47.6 Å². The maximum absolute atomic E-state index is 4.26. The van der Waals surface area contributed by atoms with Crippen molar-refractivity contribution < 1.29 is 0 Å². The molecule has 0 spiro atoms. The first kappa shape index (κ1) is 15.6. The summed E-state index contributed by atoms with van der Waals surface area (Å²) >= 11 is 1.80. The molecule has 1 aliphatic rings. The summed E-state index contributed by atoms with van der Waals surface area (Å²) in [5.74, 6) is 0. The predicted octanol–water partition coefficient (Wildman–Crippen LogP) is 2.42. The lowest BCUT2D eigenvalue weighted by molar-refractivity contribution is 0.123. The molecule has 0 atom stereocenters. The largest absolute Gasteiger partial charge is 0.299 e.